The number of hydrogen-bond acceptors (Lipinski definition) is 3. The number of aryl methyl sites for hydroxylation is 3. The predicted molar refractivity (Wildman–Crippen MR) is 76.8 cm³/mol. The molecule has 0 spiro atoms. The molecule has 0 aliphatic carbocycles. The molecule has 3 heteroatoms. The molecule has 1 unspecified atom stereocenters. The van der Waals surface area contributed by atoms with E-state index in [1.807, 2.05) is 27.8 Å². The van der Waals surface area contributed by atoms with Crippen molar-refractivity contribution in [2.24, 2.45) is 0 Å². The highest BCUT2D eigenvalue weighted by atomic mass is 16.5. The molecule has 0 fully saturated rings. The van der Waals surface area contributed by atoms with E-state index in [2.05, 4.69) is 29.6 Å². The van der Waals surface area contributed by atoms with Gasteiger partial charge in [0.2, 0.25) is 0 Å². The van der Waals surface area contributed by atoms with Gasteiger partial charge in [-0.15, -0.1) is 0 Å². The molecule has 1 aromatic carbocycles. The molecule has 1 atom stereocenters. The van der Waals surface area contributed by atoms with Crippen LogP contribution in [0.2, 0.25) is 0 Å². The molecule has 19 heavy (non-hydrogen) atoms. The summed E-state index contributed by atoms with van der Waals surface area (Å²) in [5, 5.41) is 3.34. The molecule has 1 heterocycles. The maximum absolute atomic E-state index is 5.63. The second-order valence-electron chi connectivity index (χ2n) is 4.82. The summed E-state index contributed by atoms with van der Waals surface area (Å²) >= 11 is 0. The van der Waals surface area contributed by atoms with Crippen molar-refractivity contribution in [3.05, 3.63) is 52.5 Å². The number of rotatable bonds is 4. The fourth-order valence-corrected chi connectivity index (χ4v) is 2.45. The highest BCUT2D eigenvalue weighted by Crippen LogP contribution is 2.30. The van der Waals surface area contributed by atoms with Crippen molar-refractivity contribution >= 4 is 0 Å². The summed E-state index contributed by atoms with van der Waals surface area (Å²) in [5.41, 5.74) is 3.49. The first-order valence-corrected chi connectivity index (χ1v) is 6.45. The van der Waals surface area contributed by atoms with Gasteiger partial charge in [0.05, 0.1) is 13.2 Å². The third-order valence-electron chi connectivity index (χ3n) is 3.44. The topological polar surface area (TPSA) is 34.4 Å². The Morgan fingerprint density at radius 2 is 1.89 bits per heavy atom. The molecule has 0 aliphatic heterocycles. The summed E-state index contributed by atoms with van der Waals surface area (Å²) in [6.45, 7) is 6.02. The number of nitrogens with one attached hydrogen (secondary N) is 1. The Bertz CT molecular complexity index is 572. The quantitative estimate of drug-likeness (QED) is 0.912. The summed E-state index contributed by atoms with van der Waals surface area (Å²) in [6, 6.07) is 8.50. The van der Waals surface area contributed by atoms with Crippen LogP contribution in [-0.4, -0.2) is 14.2 Å². The van der Waals surface area contributed by atoms with Gasteiger partial charge in [-0.25, -0.2) is 0 Å². The van der Waals surface area contributed by atoms with Crippen molar-refractivity contribution < 1.29 is 9.15 Å². The van der Waals surface area contributed by atoms with E-state index in [-0.39, 0.29) is 6.04 Å². The summed E-state index contributed by atoms with van der Waals surface area (Å²) in [6.07, 6.45) is 0. The molecular formula is C16H21NO2. The Kier molecular flexibility index (Phi) is 3.96. The number of methoxy groups -OCH3 is 1. The number of ether oxygens (including phenoxy) is 1. The Morgan fingerprint density at radius 3 is 2.42 bits per heavy atom. The number of furan rings is 1. The second-order valence-corrected chi connectivity index (χ2v) is 4.82. The Morgan fingerprint density at radius 1 is 1.16 bits per heavy atom. The third-order valence-corrected chi connectivity index (χ3v) is 3.44. The van der Waals surface area contributed by atoms with Crippen LogP contribution < -0.4 is 10.1 Å². The molecule has 2 aromatic rings. The molecule has 0 saturated heterocycles. The van der Waals surface area contributed by atoms with Crippen LogP contribution in [0, 0.1) is 20.8 Å². The lowest BCUT2D eigenvalue weighted by Gasteiger charge is -2.17. The van der Waals surface area contributed by atoms with Crippen molar-refractivity contribution in [1.29, 1.82) is 0 Å². The number of hydrogen-bond donors (Lipinski definition) is 1. The highest BCUT2D eigenvalue weighted by Gasteiger charge is 2.18. The van der Waals surface area contributed by atoms with E-state index in [9.17, 15) is 0 Å². The normalized spacial score (nSPS) is 12.5. The molecule has 0 amide bonds. The van der Waals surface area contributed by atoms with Crippen LogP contribution in [0.1, 0.15) is 34.3 Å². The monoisotopic (exact) mass is 259 g/mol. The van der Waals surface area contributed by atoms with Gasteiger partial charge >= 0.3 is 0 Å². The summed E-state index contributed by atoms with van der Waals surface area (Å²) in [5.74, 6) is 2.80. The van der Waals surface area contributed by atoms with Gasteiger partial charge in [0.25, 0.3) is 0 Å². The molecule has 0 aliphatic rings. The van der Waals surface area contributed by atoms with Gasteiger partial charge in [-0.2, -0.15) is 0 Å². The van der Waals surface area contributed by atoms with E-state index in [0.29, 0.717) is 0 Å². The van der Waals surface area contributed by atoms with E-state index in [1.165, 1.54) is 11.1 Å². The predicted octanol–water partition coefficient (Wildman–Crippen LogP) is 3.52. The van der Waals surface area contributed by atoms with Crippen LogP contribution in [0.5, 0.6) is 5.75 Å². The maximum Gasteiger partial charge on any atom is 0.122 e. The summed E-state index contributed by atoms with van der Waals surface area (Å²) < 4.78 is 11.0. The third kappa shape index (κ3) is 2.66. The minimum atomic E-state index is 0.118. The van der Waals surface area contributed by atoms with Gasteiger partial charge in [0.15, 0.2) is 0 Å². The van der Waals surface area contributed by atoms with Crippen molar-refractivity contribution in [2.75, 3.05) is 14.2 Å². The Hall–Kier alpha value is -1.74. The highest BCUT2D eigenvalue weighted by molar-refractivity contribution is 5.42. The van der Waals surface area contributed by atoms with Gasteiger partial charge in [-0.05, 0) is 51.1 Å². The zero-order chi connectivity index (χ0) is 14.0. The first kappa shape index (κ1) is 13.7. The first-order chi connectivity index (χ1) is 9.06. The van der Waals surface area contributed by atoms with Gasteiger partial charge < -0.3 is 14.5 Å². The van der Waals surface area contributed by atoms with Crippen LogP contribution >= 0.6 is 0 Å². The molecule has 0 radical (unpaired) electrons. The maximum atomic E-state index is 5.63. The molecule has 3 nitrogen and oxygen atoms in total. The minimum absolute atomic E-state index is 0.118. The van der Waals surface area contributed by atoms with Gasteiger partial charge in [-0.3, -0.25) is 0 Å². The Labute approximate surface area is 114 Å². The molecule has 102 valence electrons. The summed E-state index contributed by atoms with van der Waals surface area (Å²) in [4.78, 5) is 0. The van der Waals surface area contributed by atoms with Gasteiger partial charge in [0.1, 0.15) is 17.3 Å². The van der Waals surface area contributed by atoms with Crippen molar-refractivity contribution in [3.8, 4) is 5.75 Å². The molecular weight excluding hydrogens is 238 g/mol. The van der Waals surface area contributed by atoms with E-state index in [1.54, 1.807) is 7.11 Å². The smallest absolute Gasteiger partial charge is 0.122 e. The average molecular weight is 259 g/mol. The van der Waals surface area contributed by atoms with E-state index in [0.717, 1.165) is 22.8 Å². The fourth-order valence-electron chi connectivity index (χ4n) is 2.45. The van der Waals surface area contributed by atoms with Crippen LogP contribution in [0.4, 0.5) is 0 Å². The molecule has 0 saturated carbocycles. The van der Waals surface area contributed by atoms with E-state index in [4.69, 9.17) is 9.15 Å². The fraction of sp³-hybridized carbons (Fsp3) is 0.375. The SMILES string of the molecule is CNC(c1ccc(C)c(OC)c1)c1cc(C)oc1C. The molecule has 0 bridgehead atoms. The van der Waals surface area contributed by atoms with Crippen molar-refractivity contribution in [3.63, 3.8) is 0 Å². The van der Waals surface area contributed by atoms with Crippen LogP contribution in [0.25, 0.3) is 0 Å². The molecule has 2 rings (SSSR count). The lowest BCUT2D eigenvalue weighted by atomic mass is 9.97. The standard InChI is InChI=1S/C16H21NO2/c1-10-6-7-13(9-15(10)18-5)16(17-4)14-8-11(2)19-12(14)3/h6-9,16-17H,1-5H3. The lowest BCUT2D eigenvalue weighted by molar-refractivity contribution is 0.410. The second kappa shape index (κ2) is 5.49. The molecule has 1 N–H and O–H groups in total. The van der Waals surface area contributed by atoms with Crippen LogP contribution in [-0.2, 0) is 0 Å². The van der Waals surface area contributed by atoms with E-state index < -0.39 is 0 Å². The van der Waals surface area contributed by atoms with E-state index >= 15 is 0 Å². The summed E-state index contributed by atoms with van der Waals surface area (Å²) in [7, 11) is 3.66. The average Bonchev–Trinajstić information content (AvgIpc) is 2.71. The van der Waals surface area contributed by atoms with Crippen molar-refractivity contribution in [2.45, 2.75) is 26.8 Å². The van der Waals surface area contributed by atoms with Crippen LogP contribution in [0.15, 0.2) is 28.7 Å². The molecule has 1 aromatic heterocycles. The lowest BCUT2D eigenvalue weighted by Crippen LogP contribution is -2.18. The van der Waals surface area contributed by atoms with Crippen molar-refractivity contribution in [1.82, 2.24) is 5.32 Å². The van der Waals surface area contributed by atoms with Gasteiger partial charge in [-0.1, -0.05) is 12.1 Å². The largest absolute Gasteiger partial charge is 0.496 e. The first-order valence-electron chi connectivity index (χ1n) is 6.45. The Balaban J connectivity index is 2.45. The minimum Gasteiger partial charge on any atom is -0.496 e. The zero-order valence-electron chi connectivity index (χ0n) is 12.2. The van der Waals surface area contributed by atoms with Crippen LogP contribution in [0.3, 0.4) is 0 Å². The number of benzene rings is 1. The van der Waals surface area contributed by atoms with Gasteiger partial charge in [0, 0.05) is 5.56 Å². The zero-order valence-corrected chi connectivity index (χ0v) is 12.2.